The molecular weight excluding hydrogens is 346 g/mol. The summed E-state index contributed by atoms with van der Waals surface area (Å²) in [6.07, 6.45) is 3.34. The Labute approximate surface area is 158 Å². The number of ether oxygens (including phenoxy) is 1. The highest BCUT2D eigenvalue weighted by Gasteiger charge is 2.40. The predicted octanol–water partition coefficient (Wildman–Crippen LogP) is 2.22. The monoisotopic (exact) mass is 369 g/mol. The number of anilines is 1. The van der Waals surface area contributed by atoms with Gasteiger partial charge in [0.1, 0.15) is 6.07 Å². The van der Waals surface area contributed by atoms with E-state index in [1.54, 1.807) is 29.2 Å². The molecular formula is C20H23N3O4. The number of esters is 1. The van der Waals surface area contributed by atoms with E-state index in [0.29, 0.717) is 17.8 Å². The number of amides is 2. The highest BCUT2D eigenvalue weighted by atomic mass is 16.5. The first-order valence-electron chi connectivity index (χ1n) is 9.29. The zero-order chi connectivity index (χ0) is 19.4. The maximum Gasteiger partial charge on any atom is 0.312 e. The molecule has 1 aliphatic heterocycles. The molecule has 7 heteroatoms. The van der Waals surface area contributed by atoms with E-state index in [0.717, 1.165) is 25.7 Å². The van der Waals surface area contributed by atoms with Crippen LogP contribution in [0.2, 0.25) is 0 Å². The molecule has 7 nitrogen and oxygen atoms in total. The van der Waals surface area contributed by atoms with E-state index in [9.17, 15) is 14.4 Å². The number of para-hydroxylation sites is 1. The summed E-state index contributed by atoms with van der Waals surface area (Å²) in [5, 5.41) is 11.7. The van der Waals surface area contributed by atoms with Crippen LogP contribution in [0.3, 0.4) is 0 Å². The van der Waals surface area contributed by atoms with Gasteiger partial charge >= 0.3 is 5.97 Å². The second-order valence-corrected chi connectivity index (χ2v) is 7.11. The van der Waals surface area contributed by atoms with Crippen molar-refractivity contribution in [2.75, 3.05) is 11.9 Å². The Balaban J connectivity index is 1.55. The number of nitriles is 1. The van der Waals surface area contributed by atoms with E-state index < -0.39 is 23.9 Å². The van der Waals surface area contributed by atoms with Crippen LogP contribution in [-0.4, -0.2) is 41.4 Å². The van der Waals surface area contributed by atoms with Gasteiger partial charge in [-0.05, 0) is 31.9 Å². The second-order valence-electron chi connectivity index (χ2n) is 7.11. The van der Waals surface area contributed by atoms with Gasteiger partial charge in [0.05, 0.1) is 17.2 Å². The number of nitrogens with zero attached hydrogens (tertiary/aromatic N) is 2. The van der Waals surface area contributed by atoms with Gasteiger partial charge in [0, 0.05) is 19.0 Å². The van der Waals surface area contributed by atoms with Crippen LogP contribution in [0.15, 0.2) is 24.3 Å². The highest BCUT2D eigenvalue weighted by molar-refractivity contribution is 5.96. The summed E-state index contributed by atoms with van der Waals surface area (Å²) >= 11 is 0. The Kier molecular flexibility index (Phi) is 5.75. The molecule has 0 bridgehead atoms. The van der Waals surface area contributed by atoms with Crippen LogP contribution in [0.25, 0.3) is 0 Å². The van der Waals surface area contributed by atoms with Crippen molar-refractivity contribution in [2.24, 2.45) is 5.92 Å². The molecule has 2 atom stereocenters. The zero-order valence-electron chi connectivity index (χ0n) is 15.3. The number of benzene rings is 1. The van der Waals surface area contributed by atoms with Gasteiger partial charge in [0.2, 0.25) is 5.91 Å². The maximum absolute atomic E-state index is 12.4. The molecule has 3 rings (SSSR count). The molecule has 1 heterocycles. The standard InChI is InChI=1S/C20H23N3O4/c1-13(19(25)22-17-9-5-2-6-14(17)11-21)27-20(26)15-10-18(24)23(12-15)16-7-3-4-8-16/h2,5-6,9,13,15-16H,3-4,7-8,10,12H2,1H3,(H,22,25)/t13-,15-/m1/s1. The van der Waals surface area contributed by atoms with Crippen LogP contribution < -0.4 is 5.32 Å². The summed E-state index contributed by atoms with van der Waals surface area (Å²) in [5.74, 6) is -1.58. The third kappa shape index (κ3) is 4.27. The average Bonchev–Trinajstić information content (AvgIpc) is 3.31. The van der Waals surface area contributed by atoms with Gasteiger partial charge in [-0.2, -0.15) is 5.26 Å². The Morgan fingerprint density at radius 1 is 1.30 bits per heavy atom. The lowest BCUT2D eigenvalue weighted by Crippen LogP contribution is -2.36. The van der Waals surface area contributed by atoms with Gasteiger partial charge in [0.25, 0.3) is 5.91 Å². The smallest absolute Gasteiger partial charge is 0.312 e. The van der Waals surface area contributed by atoms with Crippen molar-refractivity contribution in [1.82, 2.24) is 4.90 Å². The third-order valence-electron chi connectivity index (χ3n) is 5.22. The molecule has 0 aromatic heterocycles. The molecule has 0 unspecified atom stereocenters. The van der Waals surface area contributed by atoms with E-state index in [1.165, 1.54) is 6.92 Å². The van der Waals surface area contributed by atoms with E-state index in [-0.39, 0.29) is 18.4 Å². The fraction of sp³-hybridized carbons (Fsp3) is 0.500. The molecule has 1 aromatic rings. The van der Waals surface area contributed by atoms with Crippen LogP contribution in [0, 0.1) is 17.2 Å². The zero-order valence-corrected chi connectivity index (χ0v) is 15.3. The first-order valence-corrected chi connectivity index (χ1v) is 9.29. The molecule has 1 saturated heterocycles. The van der Waals surface area contributed by atoms with Crippen LogP contribution in [0.5, 0.6) is 0 Å². The summed E-state index contributed by atoms with van der Waals surface area (Å²) in [6.45, 7) is 1.85. The van der Waals surface area contributed by atoms with Crippen molar-refractivity contribution < 1.29 is 19.1 Å². The minimum absolute atomic E-state index is 0.0103. The molecule has 1 aliphatic carbocycles. The Bertz CT molecular complexity index is 780. The molecule has 27 heavy (non-hydrogen) atoms. The maximum atomic E-state index is 12.4. The van der Waals surface area contributed by atoms with E-state index >= 15 is 0 Å². The lowest BCUT2D eigenvalue weighted by atomic mass is 10.1. The first kappa shape index (κ1) is 18.9. The molecule has 1 N–H and O–H groups in total. The van der Waals surface area contributed by atoms with Crippen molar-refractivity contribution in [2.45, 2.75) is 51.2 Å². The lowest BCUT2D eigenvalue weighted by molar-refractivity contribution is -0.157. The largest absolute Gasteiger partial charge is 0.452 e. The number of rotatable bonds is 5. The fourth-order valence-corrected chi connectivity index (χ4v) is 3.71. The average molecular weight is 369 g/mol. The molecule has 0 spiro atoms. The molecule has 2 fully saturated rings. The first-order chi connectivity index (χ1) is 13.0. The van der Waals surface area contributed by atoms with Crippen molar-refractivity contribution in [1.29, 1.82) is 5.26 Å². The van der Waals surface area contributed by atoms with Crippen LogP contribution in [0.1, 0.15) is 44.6 Å². The number of hydrogen-bond donors (Lipinski definition) is 1. The number of hydrogen-bond acceptors (Lipinski definition) is 5. The van der Waals surface area contributed by atoms with E-state index in [1.807, 2.05) is 6.07 Å². The molecule has 2 amide bonds. The number of nitrogens with one attached hydrogen (secondary N) is 1. The molecule has 1 saturated carbocycles. The van der Waals surface area contributed by atoms with E-state index in [4.69, 9.17) is 10.00 Å². The van der Waals surface area contributed by atoms with Gasteiger partial charge in [-0.25, -0.2) is 0 Å². The third-order valence-corrected chi connectivity index (χ3v) is 5.22. The fourth-order valence-electron chi connectivity index (χ4n) is 3.71. The highest BCUT2D eigenvalue weighted by Crippen LogP contribution is 2.30. The summed E-state index contributed by atoms with van der Waals surface area (Å²) in [7, 11) is 0. The van der Waals surface area contributed by atoms with Crippen molar-refractivity contribution in [3.8, 4) is 6.07 Å². The summed E-state index contributed by atoms with van der Waals surface area (Å²) in [4.78, 5) is 38.7. The van der Waals surface area contributed by atoms with Crippen molar-refractivity contribution in [3.63, 3.8) is 0 Å². The molecule has 1 aromatic carbocycles. The predicted molar refractivity (Wildman–Crippen MR) is 97.4 cm³/mol. The van der Waals surface area contributed by atoms with Crippen molar-refractivity contribution >= 4 is 23.5 Å². The Hall–Kier alpha value is -2.88. The number of likely N-dealkylation sites (tertiary alicyclic amines) is 1. The van der Waals surface area contributed by atoms with Gasteiger partial charge in [-0.1, -0.05) is 25.0 Å². The van der Waals surface area contributed by atoms with Gasteiger partial charge in [-0.3, -0.25) is 14.4 Å². The topological polar surface area (TPSA) is 99.5 Å². The normalized spacial score (nSPS) is 21.0. The van der Waals surface area contributed by atoms with Crippen LogP contribution >= 0.6 is 0 Å². The van der Waals surface area contributed by atoms with Crippen molar-refractivity contribution in [3.05, 3.63) is 29.8 Å². The summed E-state index contributed by atoms with van der Waals surface area (Å²) in [6, 6.07) is 8.84. The molecule has 142 valence electrons. The van der Waals surface area contributed by atoms with E-state index in [2.05, 4.69) is 5.32 Å². The van der Waals surface area contributed by atoms with Gasteiger partial charge in [0.15, 0.2) is 6.10 Å². The van der Waals surface area contributed by atoms with Crippen LogP contribution in [-0.2, 0) is 19.1 Å². The molecule has 0 radical (unpaired) electrons. The quantitative estimate of drug-likeness (QED) is 0.802. The SMILES string of the molecule is C[C@@H](OC(=O)[C@@H]1CC(=O)N(C2CCCC2)C1)C(=O)Nc1ccccc1C#N. The Morgan fingerprint density at radius 3 is 2.70 bits per heavy atom. The summed E-state index contributed by atoms with van der Waals surface area (Å²) in [5.41, 5.74) is 0.703. The minimum Gasteiger partial charge on any atom is -0.452 e. The summed E-state index contributed by atoms with van der Waals surface area (Å²) < 4.78 is 5.29. The number of carbonyl (C=O) groups excluding carboxylic acids is 3. The van der Waals surface area contributed by atoms with Gasteiger partial charge < -0.3 is 15.0 Å². The lowest BCUT2D eigenvalue weighted by Gasteiger charge is -2.24. The minimum atomic E-state index is -1.01. The Morgan fingerprint density at radius 2 is 2.00 bits per heavy atom. The van der Waals surface area contributed by atoms with Crippen LogP contribution in [0.4, 0.5) is 5.69 Å². The second kappa shape index (κ2) is 8.21. The number of carbonyl (C=O) groups is 3. The van der Waals surface area contributed by atoms with Gasteiger partial charge in [-0.15, -0.1) is 0 Å². The molecule has 2 aliphatic rings.